The molecule has 2 fully saturated rings. The van der Waals surface area contributed by atoms with E-state index in [1.165, 1.54) is 32.1 Å². The van der Waals surface area contributed by atoms with E-state index in [0.717, 1.165) is 31.6 Å². The second-order valence-corrected chi connectivity index (χ2v) is 6.55. The van der Waals surface area contributed by atoms with Crippen molar-refractivity contribution in [2.45, 2.75) is 96.8 Å². The highest BCUT2D eigenvalue weighted by Crippen LogP contribution is 2.33. The van der Waals surface area contributed by atoms with Crippen LogP contribution in [0.1, 0.15) is 78.6 Å². The lowest BCUT2D eigenvalue weighted by Gasteiger charge is -2.39. The number of carbonyl (C=O) groups excluding carboxylic acids is 1. The molecule has 1 saturated heterocycles. The minimum absolute atomic E-state index is 0.0718. The molecular formula is C17H32N2O. The lowest BCUT2D eigenvalue weighted by atomic mass is 9.82. The van der Waals surface area contributed by atoms with E-state index in [-0.39, 0.29) is 12.2 Å². The zero-order valence-electron chi connectivity index (χ0n) is 13.5. The summed E-state index contributed by atoms with van der Waals surface area (Å²) >= 11 is 0. The van der Waals surface area contributed by atoms with Crippen LogP contribution in [-0.2, 0) is 4.79 Å². The average Bonchev–Trinajstić information content (AvgIpc) is 2.79. The van der Waals surface area contributed by atoms with Crippen molar-refractivity contribution < 1.29 is 4.79 Å². The van der Waals surface area contributed by atoms with Crippen molar-refractivity contribution in [2.24, 2.45) is 5.92 Å². The van der Waals surface area contributed by atoms with Crippen LogP contribution in [0.4, 0.5) is 0 Å². The Morgan fingerprint density at radius 1 is 1.20 bits per heavy atom. The summed E-state index contributed by atoms with van der Waals surface area (Å²) in [5.41, 5.74) is 0. The minimum Gasteiger partial charge on any atom is -0.323 e. The number of carbonyl (C=O) groups is 1. The highest BCUT2D eigenvalue weighted by molar-refractivity contribution is 5.84. The molecule has 1 saturated carbocycles. The number of nitrogens with zero attached hydrogens (tertiary/aromatic N) is 1. The Bertz CT molecular complexity index is 312. The van der Waals surface area contributed by atoms with E-state index in [9.17, 15) is 4.79 Å². The van der Waals surface area contributed by atoms with Gasteiger partial charge in [0.2, 0.25) is 5.91 Å². The molecule has 2 rings (SSSR count). The van der Waals surface area contributed by atoms with Crippen molar-refractivity contribution >= 4 is 5.91 Å². The van der Waals surface area contributed by atoms with Gasteiger partial charge in [-0.2, -0.15) is 0 Å². The number of hydrogen-bond donors (Lipinski definition) is 1. The number of nitrogens with one attached hydrogen (secondary N) is 1. The maximum atomic E-state index is 12.8. The van der Waals surface area contributed by atoms with Crippen molar-refractivity contribution in [3.05, 3.63) is 0 Å². The predicted molar refractivity (Wildman–Crippen MR) is 83.4 cm³/mol. The van der Waals surface area contributed by atoms with E-state index in [0.29, 0.717) is 11.9 Å². The summed E-state index contributed by atoms with van der Waals surface area (Å²) in [7, 11) is 0. The summed E-state index contributed by atoms with van der Waals surface area (Å²) in [5, 5.41) is 3.57. The first-order valence-electron chi connectivity index (χ1n) is 8.81. The molecule has 116 valence electrons. The maximum absolute atomic E-state index is 12.8. The summed E-state index contributed by atoms with van der Waals surface area (Å²) in [6.45, 7) is 6.61. The smallest absolute Gasteiger partial charge is 0.241 e. The number of rotatable bonds is 6. The first-order chi connectivity index (χ1) is 9.72. The molecule has 1 N–H and O–H groups in total. The summed E-state index contributed by atoms with van der Waals surface area (Å²) in [5.74, 6) is 1.10. The second kappa shape index (κ2) is 7.44. The molecule has 0 bridgehead atoms. The van der Waals surface area contributed by atoms with Crippen LogP contribution in [0.5, 0.6) is 0 Å². The molecule has 20 heavy (non-hydrogen) atoms. The minimum atomic E-state index is 0.0718. The van der Waals surface area contributed by atoms with Crippen LogP contribution in [0.15, 0.2) is 0 Å². The molecule has 3 atom stereocenters. The van der Waals surface area contributed by atoms with Crippen molar-refractivity contribution in [1.82, 2.24) is 10.2 Å². The molecule has 1 heterocycles. The van der Waals surface area contributed by atoms with E-state index >= 15 is 0 Å². The van der Waals surface area contributed by atoms with Gasteiger partial charge in [0.25, 0.3) is 0 Å². The van der Waals surface area contributed by atoms with Crippen LogP contribution in [0.3, 0.4) is 0 Å². The molecule has 0 aromatic heterocycles. The molecule has 2 aliphatic rings. The highest BCUT2D eigenvalue weighted by atomic mass is 16.2. The third-order valence-corrected chi connectivity index (χ3v) is 5.22. The Hall–Kier alpha value is -0.570. The Morgan fingerprint density at radius 2 is 1.90 bits per heavy atom. The monoisotopic (exact) mass is 280 g/mol. The van der Waals surface area contributed by atoms with Gasteiger partial charge in [-0.3, -0.25) is 10.1 Å². The van der Waals surface area contributed by atoms with Gasteiger partial charge in [0.15, 0.2) is 0 Å². The van der Waals surface area contributed by atoms with Crippen molar-refractivity contribution in [3.8, 4) is 0 Å². The molecule has 0 aromatic rings. The number of amides is 1. The Labute approximate surface area is 124 Å². The lowest BCUT2D eigenvalue weighted by molar-refractivity contribution is -0.134. The van der Waals surface area contributed by atoms with E-state index in [4.69, 9.17) is 0 Å². The van der Waals surface area contributed by atoms with Crippen molar-refractivity contribution in [3.63, 3.8) is 0 Å². The van der Waals surface area contributed by atoms with Crippen LogP contribution >= 0.6 is 0 Å². The second-order valence-electron chi connectivity index (χ2n) is 6.55. The molecule has 0 radical (unpaired) electrons. The fourth-order valence-electron chi connectivity index (χ4n) is 4.20. The SMILES string of the molecule is CCCC1NC(CC)N(C(CC)C2CCCCC2)C1=O. The van der Waals surface area contributed by atoms with Crippen LogP contribution in [0.2, 0.25) is 0 Å². The van der Waals surface area contributed by atoms with E-state index in [2.05, 4.69) is 31.0 Å². The average molecular weight is 280 g/mol. The van der Waals surface area contributed by atoms with Gasteiger partial charge in [-0.25, -0.2) is 0 Å². The molecule has 0 aromatic carbocycles. The molecule has 1 aliphatic heterocycles. The third kappa shape index (κ3) is 3.19. The molecule has 0 spiro atoms. The summed E-state index contributed by atoms with van der Waals surface area (Å²) in [6.07, 6.45) is 11.2. The molecule has 3 unspecified atom stereocenters. The predicted octanol–water partition coefficient (Wildman–Crippen LogP) is 3.68. The van der Waals surface area contributed by atoms with E-state index in [1.54, 1.807) is 0 Å². The van der Waals surface area contributed by atoms with Gasteiger partial charge in [-0.1, -0.05) is 46.5 Å². The Morgan fingerprint density at radius 3 is 2.45 bits per heavy atom. The van der Waals surface area contributed by atoms with E-state index in [1.807, 2.05) is 0 Å². The molecule has 1 amide bonds. The largest absolute Gasteiger partial charge is 0.323 e. The summed E-state index contributed by atoms with van der Waals surface area (Å²) in [4.78, 5) is 15.0. The van der Waals surface area contributed by atoms with Gasteiger partial charge in [0, 0.05) is 6.04 Å². The zero-order valence-corrected chi connectivity index (χ0v) is 13.5. The fraction of sp³-hybridized carbons (Fsp3) is 0.941. The molecule has 1 aliphatic carbocycles. The van der Waals surface area contributed by atoms with Gasteiger partial charge < -0.3 is 4.90 Å². The van der Waals surface area contributed by atoms with Gasteiger partial charge in [0.05, 0.1) is 12.2 Å². The van der Waals surface area contributed by atoms with Gasteiger partial charge in [-0.05, 0) is 38.0 Å². The third-order valence-electron chi connectivity index (χ3n) is 5.22. The van der Waals surface area contributed by atoms with Crippen LogP contribution < -0.4 is 5.32 Å². The van der Waals surface area contributed by atoms with Gasteiger partial charge in [0.1, 0.15) is 0 Å². The standard InChI is InChI=1S/C17H32N2O/c1-4-10-14-17(20)19(16(6-3)18-14)15(5-2)13-11-8-7-9-12-13/h13-16,18H,4-12H2,1-3H3. The maximum Gasteiger partial charge on any atom is 0.241 e. The Kier molecular flexibility index (Phi) is 5.88. The van der Waals surface area contributed by atoms with Gasteiger partial charge >= 0.3 is 0 Å². The van der Waals surface area contributed by atoms with Crippen LogP contribution in [-0.4, -0.2) is 29.1 Å². The topological polar surface area (TPSA) is 32.3 Å². The first-order valence-corrected chi connectivity index (χ1v) is 8.81. The molecule has 3 nitrogen and oxygen atoms in total. The summed E-state index contributed by atoms with van der Waals surface area (Å²) in [6, 6.07) is 0.532. The van der Waals surface area contributed by atoms with Crippen LogP contribution in [0.25, 0.3) is 0 Å². The van der Waals surface area contributed by atoms with Gasteiger partial charge in [-0.15, -0.1) is 0 Å². The van der Waals surface area contributed by atoms with Crippen molar-refractivity contribution in [1.29, 1.82) is 0 Å². The highest BCUT2D eigenvalue weighted by Gasteiger charge is 2.42. The molecular weight excluding hydrogens is 248 g/mol. The molecule has 3 heteroatoms. The summed E-state index contributed by atoms with van der Waals surface area (Å²) < 4.78 is 0. The first kappa shape index (κ1) is 15.8. The van der Waals surface area contributed by atoms with Crippen molar-refractivity contribution in [2.75, 3.05) is 0 Å². The number of hydrogen-bond acceptors (Lipinski definition) is 2. The Balaban J connectivity index is 2.11. The van der Waals surface area contributed by atoms with E-state index < -0.39 is 0 Å². The quantitative estimate of drug-likeness (QED) is 0.805. The van der Waals surface area contributed by atoms with Crippen LogP contribution in [0, 0.1) is 5.92 Å². The fourth-order valence-corrected chi connectivity index (χ4v) is 4.20. The zero-order chi connectivity index (χ0) is 14.5. The lowest BCUT2D eigenvalue weighted by Crippen LogP contribution is -2.48. The normalized spacial score (nSPS) is 29.9.